The fraction of sp³-hybridized carbons (Fsp3) is 0.464. The Morgan fingerprint density at radius 2 is 2.03 bits per heavy atom. The highest BCUT2D eigenvalue weighted by molar-refractivity contribution is 5.85. The second-order valence-electron chi connectivity index (χ2n) is 11.4. The number of aryl methyl sites for hydroxylation is 1. The predicted molar refractivity (Wildman–Crippen MR) is 143 cm³/mol. The Morgan fingerprint density at radius 3 is 2.74 bits per heavy atom. The molecule has 6 rings (SSSR count). The van der Waals surface area contributed by atoms with Crippen molar-refractivity contribution in [1.29, 1.82) is 0 Å². The maximum atomic E-state index is 15.7. The Morgan fingerprint density at radius 1 is 1.21 bits per heavy atom. The van der Waals surface area contributed by atoms with E-state index < -0.39 is 11.2 Å². The number of carbonyl (C=O) groups is 1. The van der Waals surface area contributed by atoms with Gasteiger partial charge in [0.05, 0.1) is 35.8 Å². The average Bonchev–Trinajstić information content (AvgIpc) is 3.37. The number of Topliss-reactive ketones (excluding diaryl/α,β-unsaturated/α-hetero) is 1. The smallest absolute Gasteiger partial charge is 0.210 e. The Hall–Kier alpha value is -3.86. The summed E-state index contributed by atoms with van der Waals surface area (Å²) in [4.78, 5) is 25.5. The highest BCUT2D eigenvalue weighted by Crippen LogP contribution is 2.35. The SMILES string of the molecule is Cn1c(Nc2nn(C3CCOC3)c(C(C)(C)C)c2F)nc2ncc(Oc3ccnc(CC(=O)C4CC4)c3)cc21. The molecule has 39 heavy (non-hydrogen) atoms. The molecule has 0 amide bonds. The summed E-state index contributed by atoms with van der Waals surface area (Å²) in [5.74, 6) is 1.63. The van der Waals surface area contributed by atoms with Crippen molar-refractivity contribution in [2.45, 2.75) is 57.9 Å². The van der Waals surface area contributed by atoms with Crippen LogP contribution in [0.1, 0.15) is 57.5 Å². The molecule has 4 aromatic heterocycles. The summed E-state index contributed by atoms with van der Waals surface area (Å²) in [5.41, 5.74) is 1.96. The number of ketones is 1. The van der Waals surface area contributed by atoms with Gasteiger partial charge in [-0.25, -0.2) is 9.37 Å². The van der Waals surface area contributed by atoms with Crippen molar-refractivity contribution in [3.8, 4) is 11.5 Å². The third kappa shape index (κ3) is 5.10. The molecule has 204 valence electrons. The molecule has 1 atom stereocenters. The summed E-state index contributed by atoms with van der Waals surface area (Å²) in [7, 11) is 1.82. The number of rotatable bonds is 8. The van der Waals surface area contributed by atoms with Gasteiger partial charge in [0.2, 0.25) is 5.95 Å². The first-order valence-electron chi connectivity index (χ1n) is 13.3. The molecule has 0 bridgehead atoms. The van der Waals surface area contributed by atoms with Crippen molar-refractivity contribution in [2.75, 3.05) is 18.5 Å². The Balaban J connectivity index is 1.25. The molecule has 1 unspecified atom stereocenters. The van der Waals surface area contributed by atoms with Crippen LogP contribution in [0, 0.1) is 11.7 Å². The summed E-state index contributed by atoms with van der Waals surface area (Å²) in [6, 6.07) is 5.34. The van der Waals surface area contributed by atoms with E-state index in [2.05, 4.69) is 25.4 Å². The highest BCUT2D eigenvalue weighted by Gasteiger charge is 2.33. The number of carbonyl (C=O) groups excluding carboxylic acids is 1. The summed E-state index contributed by atoms with van der Waals surface area (Å²) in [5, 5.41) is 7.68. The van der Waals surface area contributed by atoms with E-state index >= 15 is 4.39 Å². The van der Waals surface area contributed by atoms with E-state index in [0.717, 1.165) is 19.3 Å². The minimum Gasteiger partial charge on any atom is -0.456 e. The van der Waals surface area contributed by atoms with Crippen LogP contribution in [-0.2, 0) is 28.4 Å². The molecular weight excluding hydrogens is 501 g/mol. The number of imidazole rings is 1. The van der Waals surface area contributed by atoms with E-state index in [1.807, 2.05) is 33.9 Å². The number of aromatic nitrogens is 6. The van der Waals surface area contributed by atoms with Crippen molar-refractivity contribution in [3.05, 3.63) is 47.8 Å². The second kappa shape index (κ2) is 9.71. The maximum Gasteiger partial charge on any atom is 0.210 e. The van der Waals surface area contributed by atoms with Gasteiger partial charge in [-0.05, 0) is 25.3 Å². The zero-order valence-electron chi connectivity index (χ0n) is 22.6. The number of hydrogen-bond acceptors (Lipinski definition) is 8. The van der Waals surface area contributed by atoms with Crippen LogP contribution in [0.4, 0.5) is 16.2 Å². The monoisotopic (exact) mass is 533 g/mol. The molecular formula is C28H32FN7O3. The molecule has 1 aliphatic heterocycles. The fourth-order valence-electron chi connectivity index (χ4n) is 4.95. The summed E-state index contributed by atoms with van der Waals surface area (Å²) in [6.07, 6.45) is 6.28. The molecule has 10 nitrogen and oxygen atoms in total. The number of pyridine rings is 2. The number of anilines is 2. The Labute approximate surface area is 225 Å². The van der Waals surface area contributed by atoms with Crippen LogP contribution in [0.15, 0.2) is 30.6 Å². The van der Waals surface area contributed by atoms with Crippen LogP contribution in [0.2, 0.25) is 0 Å². The van der Waals surface area contributed by atoms with Crippen LogP contribution in [0.3, 0.4) is 0 Å². The van der Waals surface area contributed by atoms with Gasteiger partial charge in [0, 0.05) is 49.7 Å². The minimum atomic E-state index is -0.447. The first-order chi connectivity index (χ1) is 18.7. The third-order valence-corrected chi connectivity index (χ3v) is 7.17. The molecule has 1 N–H and O–H groups in total. The lowest BCUT2D eigenvalue weighted by Crippen LogP contribution is -2.23. The van der Waals surface area contributed by atoms with E-state index in [-0.39, 0.29) is 23.6 Å². The number of halogens is 1. The molecule has 0 aromatic carbocycles. The van der Waals surface area contributed by atoms with Crippen LogP contribution >= 0.6 is 0 Å². The van der Waals surface area contributed by atoms with Crippen LogP contribution in [0.5, 0.6) is 11.5 Å². The third-order valence-electron chi connectivity index (χ3n) is 7.17. The number of hydrogen-bond donors (Lipinski definition) is 1. The van der Waals surface area contributed by atoms with E-state index in [0.29, 0.717) is 59.6 Å². The van der Waals surface area contributed by atoms with E-state index in [4.69, 9.17) is 9.47 Å². The van der Waals surface area contributed by atoms with Gasteiger partial charge in [-0.1, -0.05) is 20.8 Å². The van der Waals surface area contributed by atoms with Gasteiger partial charge in [-0.3, -0.25) is 14.5 Å². The number of nitrogens with zero attached hydrogens (tertiary/aromatic N) is 6. The van der Waals surface area contributed by atoms with Gasteiger partial charge in [-0.15, -0.1) is 0 Å². The molecule has 1 saturated carbocycles. The van der Waals surface area contributed by atoms with Crippen LogP contribution < -0.4 is 10.1 Å². The summed E-state index contributed by atoms with van der Waals surface area (Å²) < 4.78 is 30.8. The van der Waals surface area contributed by atoms with Crippen molar-refractivity contribution in [2.24, 2.45) is 13.0 Å². The molecule has 2 aliphatic rings. The van der Waals surface area contributed by atoms with Crippen molar-refractivity contribution < 1.29 is 18.7 Å². The number of ether oxygens (including phenoxy) is 2. The largest absolute Gasteiger partial charge is 0.456 e. The number of fused-ring (bicyclic) bond motifs is 1. The molecule has 0 spiro atoms. The van der Waals surface area contributed by atoms with E-state index in [9.17, 15) is 4.79 Å². The minimum absolute atomic E-state index is 0.00776. The lowest BCUT2D eigenvalue weighted by molar-refractivity contribution is -0.119. The molecule has 11 heteroatoms. The van der Waals surface area contributed by atoms with Gasteiger partial charge >= 0.3 is 0 Å². The second-order valence-corrected chi connectivity index (χ2v) is 11.4. The topological polar surface area (TPSA) is 109 Å². The lowest BCUT2D eigenvalue weighted by Gasteiger charge is -2.22. The highest BCUT2D eigenvalue weighted by atomic mass is 19.1. The Kier molecular flexibility index (Phi) is 6.33. The van der Waals surface area contributed by atoms with Crippen molar-refractivity contribution >= 4 is 28.7 Å². The van der Waals surface area contributed by atoms with Crippen molar-refractivity contribution in [1.82, 2.24) is 29.3 Å². The number of nitrogens with one attached hydrogen (secondary N) is 1. The summed E-state index contributed by atoms with van der Waals surface area (Å²) in [6.45, 7) is 7.07. The lowest BCUT2D eigenvalue weighted by atomic mass is 9.91. The standard InChI is InChI=1S/C28H32FN7O3/c1-28(2,3)24-23(29)26(34-36(24)18-8-10-38-15-18)33-27-32-25-21(35(27)4)13-20(14-31-25)39-19-7-9-30-17(11-19)12-22(37)16-5-6-16/h7,9,11,13-14,16,18H,5-6,8,10,12,15H2,1-4H3,(H,31,32,33,34). The first-order valence-corrected chi connectivity index (χ1v) is 13.3. The van der Waals surface area contributed by atoms with Gasteiger partial charge in [0.25, 0.3) is 0 Å². The fourth-order valence-corrected chi connectivity index (χ4v) is 4.95. The van der Waals surface area contributed by atoms with E-state index in [1.165, 1.54) is 0 Å². The van der Waals surface area contributed by atoms with Crippen LogP contribution in [0.25, 0.3) is 11.2 Å². The van der Waals surface area contributed by atoms with E-state index in [1.54, 1.807) is 33.8 Å². The van der Waals surface area contributed by atoms with Gasteiger partial charge in [0.1, 0.15) is 17.3 Å². The molecule has 0 radical (unpaired) electrons. The van der Waals surface area contributed by atoms with Gasteiger partial charge in [0.15, 0.2) is 17.3 Å². The molecule has 1 saturated heterocycles. The first kappa shape index (κ1) is 25.4. The molecule has 5 heterocycles. The predicted octanol–water partition coefficient (Wildman–Crippen LogP) is 5.02. The van der Waals surface area contributed by atoms with Gasteiger partial charge in [-0.2, -0.15) is 10.1 Å². The quantitative estimate of drug-likeness (QED) is 0.337. The zero-order chi connectivity index (χ0) is 27.3. The maximum absolute atomic E-state index is 15.7. The van der Waals surface area contributed by atoms with Crippen LogP contribution in [-0.4, -0.2) is 48.3 Å². The summed E-state index contributed by atoms with van der Waals surface area (Å²) >= 11 is 0. The van der Waals surface area contributed by atoms with Gasteiger partial charge < -0.3 is 19.4 Å². The molecule has 4 aromatic rings. The normalized spacial score (nSPS) is 17.6. The Bertz CT molecular complexity index is 1540. The van der Waals surface area contributed by atoms with Crippen molar-refractivity contribution in [3.63, 3.8) is 0 Å². The molecule has 1 aliphatic carbocycles. The average molecular weight is 534 g/mol. The zero-order valence-corrected chi connectivity index (χ0v) is 22.6. The molecule has 2 fully saturated rings.